The Balaban J connectivity index is 2.06. The number of rotatable bonds is 8. The van der Waals surface area contributed by atoms with E-state index in [9.17, 15) is 19.7 Å². The van der Waals surface area contributed by atoms with E-state index in [1.807, 2.05) is 0 Å². The van der Waals surface area contributed by atoms with Gasteiger partial charge in [-0.2, -0.15) is 0 Å². The predicted octanol–water partition coefficient (Wildman–Crippen LogP) is 3.07. The molecule has 0 saturated carbocycles. The van der Waals surface area contributed by atoms with Crippen molar-refractivity contribution >= 4 is 17.6 Å². The fourth-order valence-corrected chi connectivity index (χ4v) is 3.79. The van der Waals surface area contributed by atoms with Crippen molar-refractivity contribution in [2.75, 3.05) is 26.4 Å². The highest BCUT2D eigenvalue weighted by Crippen LogP contribution is 2.38. The van der Waals surface area contributed by atoms with Gasteiger partial charge in [0.05, 0.1) is 41.3 Å². The third-order valence-corrected chi connectivity index (χ3v) is 5.11. The molecule has 2 aliphatic heterocycles. The van der Waals surface area contributed by atoms with Crippen LogP contribution in [0.3, 0.4) is 0 Å². The maximum absolute atomic E-state index is 12.8. The highest BCUT2D eigenvalue weighted by Gasteiger charge is 2.36. The zero-order valence-electron chi connectivity index (χ0n) is 17.6. The molecule has 2 heterocycles. The van der Waals surface area contributed by atoms with Crippen molar-refractivity contribution in [3.05, 3.63) is 63.5 Å². The molecule has 0 radical (unpaired) electrons. The normalized spacial score (nSPS) is 18.9. The van der Waals surface area contributed by atoms with E-state index in [4.69, 9.17) is 14.2 Å². The molecule has 1 saturated heterocycles. The van der Waals surface area contributed by atoms with E-state index in [1.54, 1.807) is 37.2 Å². The van der Waals surface area contributed by atoms with Crippen molar-refractivity contribution in [1.29, 1.82) is 0 Å². The topological polar surface area (TPSA) is 108 Å². The van der Waals surface area contributed by atoms with E-state index in [2.05, 4.69) is 0 Å². The molecule has 3 rings (SSSR count). The quantitative estimate of drug-likeness (QED) is 0.352. The molecule has 9 nitrogen and oxygen atoms in total. The number of carbonyl (C=O) groups excluding carboxylic acids is 2. The molecular weight excluding hydrogens is 404 g/mol. The summed E-state index contributed by atoms with van der Waals surface area (Å²) in [5.41, 5.74) is 0.729. The summed E-state index contributed by atoms with van der Waals surface area (Å²) in [6.07, 6.45) is 5.08. The fourth-order valence-electron chi connectivity index (χ4n) is 3.79. The Labute approximate surface area is 180 Å². The minimum Gasteiger partial charge on any atom is -0.463 e. The number of hydrogen-bond acceptors (Lipinski definition) is 8. The lowest BCUT2D eigenvalue weighted by molar-refractivity contribution is -0.384. The van der Waals surface area contributed by atoms with Crippen molar-refractivity contribution in [1.82, 2.24) is 4.90 Å². The first-order chi connectivity index (χ1) is 14.9. The second kappa shape index (κ2) is 10.2. The molecule has 0 amide bonds. The van der Waals surface area contributed by atoms with Crippen LogP contribution in [0.2, 0.25) is 0 Å². The minimum atomic E-state index is -0.848. The molecule has 2 aliphatic rings. The van der Waals surface area contributed by atoms with Gasteiger partial charge in [-0.1, -0.05) is 12.1 Å². The van der Waals surface area contributed by atoms with Crippen molar-refractivity contribution < 1.29 is 28.7 Å². The highest BCUT2D eigenvalue weighted by molar-refractivity contribution is 5.98. The molecule has 0 aliphatic carbocycles. The molecular formula is C22H26N2O7. The molecule has 166 valence electrons. The maximum atomic E-state index is 12.8. The van der Waals surface area contributed by atoms with Gasteiger partial charge in [-0.25, -0.2) is 9.59 Å². The van der Waals surface area contributed by atoms with Crippen LogP contribution in [0.4, 0.5) is 5.69 Å². The fraction of sp³-hybridized carbons (Fsp3) is 0.455. The molecule has 1 unspecified atom stereocenters. The third-order valence-electron chi connectivity index (χ3n) is 5.11. The van der Waals surface area contributed by atoms with Gasteiger partial charge in [0.2, 0.25) is 0 Å². The van der Waals surface area contributed by atoms with Crippen molar-refractivity contribution in [2.45, 2.75) is 38.7 Å². The van der Waals surface area contributed by atoms with Crippen LogP contribution in [0.1, 0.15) is 38.2 Å². The van der Waals surface area contributed by atoms with Gasteiger partial charge in [0.1, 0.15) is 0 Å². The van der Waals surface area contributed by atoms with Gasteiger partial charge in [-0.3, -0.25) is 10.1 Å². The number of hydrogen-bond donors (Lipinski definition) is 0. The summed E-state index contributed by atoms with van der Waals surface area (Å²) in [7, 11) is 0. The SMILES string of the molecule is CCOC(=O)C1=CN(CC2CCCO2)C=C(C(=O)OCC)C1c1cccc([N+](=O)[O-])c1. The number of esters is 2. The largest absolute Gasteiger partial charge is 0.463 e. The second-order valence-electron chi connectivity index (χ2n) is 7.23. The molecule has 1 fully saturated rings. The maximum Gasteiger partial charge on any atom is 0.336 e. The Morgan fingerprint density at radius 2 is 1.81 bits per heavy atom. The molecule has 0 aromatic heterocycles. The summed E-state index contributed by atoms with van der Waals surface area (Å²) < 4.78 is 16.2. The molecule has 0 N–H and O–H groups in total. The average Bonchev–Trinajstić information content (AvgIpc) is 3.26. The van der Waals surface area contributed by atoms with Crippen molar-refractivity contribution in [3.8, 4) is 0 Å². The smallest absolute Gasteiger partial charge is 0.336 e. The van der Waals surface area contributed by atoms with Gasteiger partial charge in [0, 0.05) is 37.7 Å². The molecule has 31 heavy (non-hydrogen) atoms. The first kappa shape index (κ1) is 22.5. The van der Waals surface area contributed by atoms with Crippen LogP contribution in [0.5, 0.6) is 0 Å². The highest BCUT2D eigenvalue weighted by atomic mass is 16.6. The van der Waals surface area contributed by atoms with Crippen LogP contribution in [0, 0.1) is 10.1 Å². The second-order valence-corrected chi connectivity index (χ2v) is 7.23. The van der Waals surface area contributed by atoms with Crippen LogP contribution in [-0.2, 0) is 23.8 Å². The third kappa shape index (κ3) is 5.29. The van der Waals surface area contributed by atoms with Crippen LogP contribution >= 0.6 is 0 Å². The first-order valence-electron chi connectivity index (χ1n) is 10.3. The van der Waals surface area contributed by atoms with Crippen LogP contribution in [0.25, 0.3) is 0 Å². The molecule has 1 aromatic carbocycles. The van der Waals surface area contributed by atoms with E-state index in [1.165, 1.54) is 18.2 Å². The monoisotopic (exact) mass is 430 g/mol. The van der Waals surface area contributed by atoms with Crippen molar-refractivity contribution in [3.63, 3.8) is 0 Å². The van der Waals surface area contributed by atoms with E-state index >= 15 is 0 Å². The summed E-state index contributed by atoms with van der Waals surface area (Å²) in [6, 6.07) is 5.89. The zero-order valence-corrected chi connectivity index (χ0v) is 17.6. The first-order valence-corrected chi connectivity index (χ1v) is 10.3. The van der Waals surface area contributed by atoms with Crippen LogP contribution in [-0.4, -0.2) is 54.2 Å². The molecule has 0 bridgehead atoms. The summed E-state index contributed by atoms with van der Waals surface area (Å²) in [5.74, 6) is -2.03. The van der Waals surface area contributed by atoms with Crippen LogP contribution in [0.15, 0.2) is 47.8 Å². The minimum absolute atomic E-state index is 0.0197. The van der Waals surface area contributed by atoms with Gasteiger partial charge < -0.3 is 19.1 Å². The number of carbonyl (C=O) groups is 2. The number of nitrogens with zero attached hydrogens (tertiary/aromatic N) is 2. The van der Waals surface area contributed by atoms with Gasteiger partial charge in [-0.15, -0.1) is 0 Å². The summed E-state index contributed by atoms with van der Waals surface area (Å²) in [6.45, 7) is 4.83. The Morgan fingerprint density at radius 1 is 1.16 bits per heavy atom. The Bertz CT molecular complexity index is 867. The predicted molar refractivity (Wildman–Crippen MR) is 111 cm³/mol. The van der Waals surface area contributed by atoms with Gasteiger partial charge >= 0.3 is 11.9 Å². The lowest BCUT2D eigenvalue weighted by Crippen LogP contribution is -2.32. The Kier molecular flexibility index (Phi) is 7.41. The average molecular weight is 430 g/mol. The number of nitro groups is 1. The van der Waals surface area contributed by atoms with Gasteiger partial charge in [0.15, 0.2) is 0 Å². The van der Waals surface area contributed by atoms with Gasteiger partial charge in [0.25, 0.3) is 5.69 Å². The lowest BCUT2D eigenvalue weighted by atomic mass is 9.83. The summed E-state index contributed by atoms with van der Waals surface area (Å²) in [4.78, 5) is 38.2. The van der Waals surface area contributed by atoms with E-state index in [-0.39, 0.29) is 36.2 Å². The van der Waals surface area contributed by atoms with Crippen LogP contribution < -0.4 is 0 Å². The van der Waals surface area contributed by atoms with E-state index in [0.717, 1.165) is 12.8 Å². The standard InChI is InChI=1S/C22H26N2O7/c1-3-29-21(25)18-13-23(12-17-9-6-10-31-17)14-19(22(26)30-4-2)20(18)15-7-5-8-16(11-15)24(27)28/h5,7-8,11,13-14,17,20H,3-4,6,9-10,12H2,1-2H3. The Hall–Kier alpha value is -3.20. The molecule has 1 atom stereocenters. The summed E-state index contributed by atoms with van der Waals surface area (Å²) in [5, 5.41) is 11.3. The lowest BCUT2D eigenvalue weighted by Gasteiger charge is -2.31. The summed E-state index contributed by atoms with van der Waals surface area (Å²) >= 11 is 0. The van der Waals surface area contributed by atoms with E-state index < -0.39 is 22.8 Å². The van der Waals surface area contributed by atoms with E-state index in [0.29, 0.717) is 18.7 Å². The number of ether oxygens (including phenoxy) is 3. The zero-order chi connectivity index (χ0) is 22.4. The molecule has 1 aromatic rings. The Morgan fingerprint density at radius 3 is 2.32 bits per heavy atom. The van der Waals surface area contributed by atoms with Gasteiger partial charge in [-0.05, 0) is 32.3 Å². The number of benzene rings is 1. The number of non-ortho nitro benzene ring substituents is 1. The van der Waals surface area contributed by atoms with Crippen molar-refractivity contribution in [2.24, 2.45) is 0 Å². The number of nitro benzene ring substituents is 1. The molecule has 0 spiro atoms. The molecule has 9 heteroatoms.